The Labute approximate surface area is 167 Å². The van der Waals surface area contributed by atoms with E-state index in [0.717, 1.165) is 17.9 Å². The molecule has 0 amide bonds. The van der Waals surface area contributed by atoms with Crippen LogP contribution in [-0.4, -0.2) is 61.4 Å². The smallest absolute Gasteiger partial charge is 0.219 e. The number of Topliss-reactive ketones (excluding diaryl/α,β-unsaturated/α-hetero) is 1. The second-order valence-corrected chi connectivity index (χ2v) is 11.4. The molecule has 3 rings (SSSR count). The van der Waals surface area contributed by atoms with E-state index in [1.54, 1.807) is 4.31 Å². The third-order valence-corrected chi connectivity index (χ3v) is 8.18. The quantitative estimate of drug-likeness (QED) is 0.745. The van der Waals surface area contributed by atoms with E-state index in [9.17, 15) is 13.2 Å². The molecule has 2 saturated heterocycles. The average Bonchev–Trinajstić information content (AvgIpc) is 2.57. The molecular formula is C20H29ClN2O3S. The van der Waals surface area contributed by atoms with Crippen LogP contribution in [0.1, 0.15) is 45.1 Å². The molecule has 27 heavy (non-hydrogen) atoms. The third-order valence-electron chi connectivity index (χ3n) is 5.70. The van der Waals surface area contributed by atoms with Gasteiger partial charge in [-0.15, -0.1) is 0 Å². The average molecular weight is 413 g/mol. The highest BCUT2D eigenvalue weighted by atomic mass is 35.5. The lowest BCUT2D eigenvalue weighted by Gasteiger charge is -2.42. The minimum atomic E-state index is -3.28. The predicted octanol–water partition coefficient (Wildman–Crippen LogP) is 3.15. The molecule has 2 aliphatic rings. The number of hydrogen-bond donors (Lipinski definition) is 0. The van der Waals surface area contributed by atoms with Gasteiger partial charge in [0, 0.05) is 36.6 Å². The number of benzene rings is 1. The summed E-state index contributed by atoms with van der Waals surface area (Å²) in [4.78, 5) is 14.0. The normalized spacial score (nSPS) is 21.2. The van der Waals surface area contributed by atoms with Gasteiger partial charge in [0.15, 0.2) is 5.78 Å². The summed E-state index contributed by atoms with van der Waals surface area (Å²) in [6.45, 7) is 8.08. The first-order valence-electron chi connectivity index (χ1n) is 9.57. The van der Waals surface area contributed by atoms with Crippen LogP contribution in [0.3, 0.4) is 0 Å². The summed E-state index contributed by atoms with van der Waals surface area (Å²) in [7, 11) is -3.28. The van der Waals surface area contributed by atoms with Gasteiger partial charge < -0.3 is 0 Å². The van der Waals surface area contributed by atoms with Gasteiger partial charge >= 0.3 is 0 Å². The molecule has 0 aliphatic carbocycles. The van der Waals surface area contributed by atoms with E-state index in [-0.39, 0.29) is 16.4 Å². The van der Waals surface area contributed by atoms with Crippen LogP contribution in [0.25, 0.3) is 0 Å². The minimum Gasteiger partial charge on any atom is -0.298 e. The molecule has 2 fully saturated rings. The molecule has 0 bridgehead atoms. The van der Waals surface area contributed by atoms with Gasteiger partial charge in [-0.25, -0.2) is 12.7 Å². The Morgan fingerprint density at radius 3 is 2.19 bits per heavy atom. The molecule has 0 aromatic heterocycles. The monoisotopic (exact) mass is 412 g/mol. The molecular weight excluding hydrogens is 384 g/mol. The Morgan fingerprint density at radius 2 is 1.67 bits per heavy atom. The Balaban J connectivity index is 1.51. The van der Waals surface area contributed by atoms with Crippen LogP contribution in [0.15, 0.2) is 24.3 Å². The largest absolute Gasteiger partial charge is 0.298 e. The molecule has 0 spiro atoms. The van der Waals surface area contributed by atoms with Crippen molar-refractivity contribution in [3.05, 3.63) is 34.9 Å². The highest BCUT2D eigenvalue weighted by Crippen LogP contribution is 2.32. The number of carbonyl (C=O) groups excluding carboxylic acids is 1. The zero-order chi connectivity index (χ0) is 19.8. The zero-order valence-electron chi connectivity index (χ0n) is 16.3. The molecule has 5 nitrogen and oxygen atoms in total. The van der Waals surface area contributed by atoms with Gasteiger partial charge in [-0.1, -0.05) is 44.5 Å². The van der Waals surface area contributed by atoms with Gasteiger partial charge in [-0.05, 0) is 36.5 Å². The minimum absolute atomic E-state index is 0.155. The van der Waals surface area contributed by atoms with Crippen molar-refractivity contribution in [2.75, 3.05) is 32.7 Å². The molecule has 0 radical (unpaired) electrons. The van der Waals surface area contributed by atoms with Gasteiger partial charge in [-0.2, -0.15) is 0 Å². The number of halogens is 1. The number of piperidine rings is 1. The van der Waals surface area contributed by atoms with E-state index in [2.05, 4.69) is 0 Å². The van der Waals surface area contributed by atoms with Crippen molar-refractivity contribution in [3.63, 3.8) is 0 Å². The lowest BCUT2D eigenvalue weighted by atomic mass is 9.90. The van der Waals surface area contributed by atoms with Gasteiger partial charge in [0.1, 0.15) is 5.25 Å². The summed E-state index contributed by atoms with van der Waals surface area (Å²) >= 11 is 5.95. The number of sulfonamides is 1. The van der Waals surface area contributed by atoms with Crippen molar-refractivity contribution in [2.45, 2.75) is 44.8 Å². The summed E-state index contributed by atoms with van der Waals surface area (Å²) in [5.74, 6) is 0.540. The van der Waals surface area contributed by atoms with Crippen LogP contribution >= 0.6 is 11.6 Å². The third kappa shape index (κ3) is 4.73. The van der Waals surface area contributed by atoms with Crippen LogP contribution in [0.5, 0.6) is 0 Å². The summed E-state index contributed by atoms with van der Waals surface area (Å²) in [6.07, 6.45) is 1.67. The van der Waals surface area contributed by atoms with E-state index in [1.165, 1.54) is 5.56 Å². The summed E-state index contributed by atoms with van der Waals surface area (Å²) in [5, 5.41) is 0.343. The second kappa shape index (κ2) is 7.82. The fourth-order valence-corrected chi connectivity index (χ4v) is 5.74. The van der Waals surface area contributed by atoms with Gasteiger partial charge in [0.25, 0.3) is 0 Å². The van der Waals surface area contributed by atoms with Crippen molar-refractivity contribution >= 4 is 27.4 Å². The first-order chi connectivity index (χ1) is 12.6. The topological polar surface area (TPSA) is 57.7 Å². The summed E-state index contributed by atoms with van der Waals surface area (Å²) in [5.41, 5.74) is 0.847. The number of carbonyl (C=O) groups is 1. The maximum atomic E-state index is 12.9. The number of rotatable bonds is 5. The molecule has 1 aromatic carbocycles. The van der Waals surface area contributed by atoms with E-state index in [1.807, 2.05) is 49.9 Å². The Hall–Kier alpha value is -0.950. The molecule has 7 heteroatoms. The van der Waals surface area contributed by atoms with E-state index in [0.29, 0.717) is 38.6 Å². The van der Waals surface area contributed by atoms with Crippen LogP contribution in [0.4, 0.5) is 0 Å². The van der Waals surface area contributed by atoms with Crippen molar-refractivity contribution in [2.24, 2.45) is 5.41 Å². The molecule has 1 aromatic rings. The molecule has 2 aliphatic heterocycles. The van der Waals surface area contributed by atoms with Crippen molar-refractivity contribution in [3.8, 4) is 0 Å². The van der Waals surface area contributed by atoms with Crippen LogP contribution < -0.4 is 0 Å². The van der Waals surface area contributed by atoms with Crippen molar-refractivity contribution in [1.82, 2.24) is 9.21 Å². The highest BCUT2D eigenvalue weighted by Gasteiger charge is 2.42. The number of hydrogen-bond acceptors (Lipinski definition) is 4. The second-order valence-electron chi connectivity index (χ2n) is 8.76. The number of ketones is 1. The molecule has 0 atom stereocenters. The van der Waals surface area contributed by atoms with Crippen LogP contribution in [-0.2, 0) is 14.8 Å². The van der Waals surface area contributed by atoms with Gasteiger partial charge in [0.2, 0.25) is 10.0 Å². The van der Waals surface area contributed by atoms with E-state index < -0.39 is 10.0 Å². The van der Waals surface area contributed by atoms with Crippen LogP contribution in [0, 0.1) is 5.41 Å². The van der Waals surface area contributed by atoms with E-state index >= 15 is 0 Å². The van der Waals surface area contributed by atoms with Crippen LogP contribution in [0.2, 0.25) is 5.02 Å². The van der Waals surface area contributed by atoms with Crippen molar-refractivity contribution in [1.29, 1.82) is 0 Å². The van der Waals surface area contributed by atoms with Gasteiger partial charge in [-0.3, -0.25) is 9.69 Å². The highest BCUT2D eigenvalue weighted by molar-refractivity contribution is 7.89. The molecule has 0 saturated carbocycles. The Bertz CT molecular complexity index is 772. The van der Waals surface area contributed by atoms with Gasteiger partial charge in [0.05, 0.1) is 6.54 Å². The van der Waals surface area contributed by atoms with E-state index in [4.69, 9.17) is 11.6 Å². The first-order valence-corrected chi connectivity index (χ1v) is 11.5. The predicted molar refractivity (Wildman–Crippen MR) is 109 cm³/mol. The standard InChI is InChI=1S/C20H29ClN2O3S/c1-20(2,3)19(24)14-22-12-18(13-22)27(25,26)23-10-8-16(9-11-23)15-4-6-17(21)7-5-15/h4-7,16,18H,8-14H2,1-3H3. The fourth-order valence-electron chi connectivity index (χ4n) is 3.67. The Kier molecular flexibility index (Phi) is 6.02. The molecule has 2 heterocycles. The zero-order valence-corrected chi connectivity index (χ0v) is 17.9. The van der Waals surface area contributed by atoms with Crippen molar-refractivity contribution < 1.29 is 13.2 Å². The number of likely N-dealkylation sites (tertiary alicyclic amines) is 1. The maximum Gasteiger partial charge on any atom is 0.219 e. The first kappa shape index (κ1) is 20.8. The molecule has 0 N–H and O–H groups in total. The maximum absolute atomic E-state index is 12.9. The lowest BCUT2D eigenvalue weighted by Crippen LogP contribution is -2.60. The molecule has 0 unspecified atom stereocenters. The fraction of sp³-hybridized carbons (Fsp3) is 0.650. The lowest BCUT2D eigenvalue weighted by molar-refractivity contribution is -0.128. The summed E-state index contributed by atoms with van der Waals surface area (Å²) in [6, 6.07) is 7.85. The number of nitrogens with zero attached hydrogens (tertiary/aromatic N) is 2. The SMILES string of the molecule is CC(C)(C)C(=O)CN1CC(S(=O)(=O)N2CCC(c3ccc(Cl)cc3)CC2)C1. The molecule has 150 valence electrons. The Morgan fingerprint density at radius 1 is 1.11 bits per heavy atom. The summed E-state index contributed by atoms with van der Waals surface area (Å²) < 4.78 is 27.4.